The second kappa shape index (κ2) is 4.67. The number of aromatic nitrogens is 2. The third-order valence-electron chi connectivity index (χ3n) is 2.47. The molecule has 5 nitrogen and oxygen atoms in total. The van der Waals surface area contributed by atoms with E-state index in [1.54, 1.807) is 6.92 Å². The van der Waals surface area contributed by atoms with Crippen molar-refractivity contribution in [3.8, 4) is 6.07 Å². The molecule has 0 aliphatic rings. The first kappa shape index (κ1) is 11.8. The van der Waals surface area contributed by atoms with Crippen LogP contribution in [0.1, 0.15) is 11.1 Å². The molecule has 3 N–H and O–H groups in total. The summed E-state index contributed by atoms with van der Waals surface area (Å²) in [5.41, 5.74) is 6.76. The predicted molar refractivity (Wildman–Crippen MR) is 65.6 cm³/mol. The van der Waals surface area contributed by atoms with Gasteiger partial charge in [0.1, 0.15) is 23.8 Å². The van der Waals surface area contributed by atoms with Crippen LogP contribution in [-0.4, -0.2) is 9.97 Å². The fourth-order valence-electron chi connectivity index (χ4n) is 1.40. The Hall–Kier alpha value is -2.68. The van der Waals surface area contributed by atoms with Crippen molar-refractivity contribution in [3.05, 3.63) is 41.5 Å². The fourth-order valence-corrected chi connectivity index (χ4v) is 1.40. The van der Waals surface area contributed by atoms with Gasteiger partial charge in [-0.25, -0.2) is 14.4 Å². The summed E-state index contributed by atoms with van der Waals surface area (Å²) >= 11 is 0. The van der Waals surface area contributed by atoms with Gasteiger partial charge < -0.3 is 11.1 Å². The maximum absolute atomic E-state index is 13.7. The summed E-state index contributed by atoms with van der Waals surface area (Å²) in [5.74, 6) is 0.248. The maximum Gasteiger partial charge on any atom is 0.147 e. The first-order valence-corrected chi connectivity index (χ1v) is 5.15. The summed E-state index contributed by atoms with van der Waals surface area (Å²) in [5, 5.41) is 11.5. The van der Waals surface area contributed by atoms with Crippen LogP contribution < -0.4 is 11.1 Å². The summed E-state index contributed by atoms with van der Waals surface area (Å²) in [7, 11) is 0. The third-order valence-corrected chi connectivity index (χ3v) is 2.47. The second-order valence-corrected chi connectivity index (χ2v) is 3.66. The lowest BCUT2D eigenvalue weighted by molar-refractivity contribution is 0.631. The Kier molecular flexibility index (Phi) is 3.06. The van der Waals surface area contributed by atoms with Gasteiger partial charge in [-0.05, 0) is 25.1 Å². The summed E-state index contributed by atoms with van der Waals surface area (Å²) in [4.78, 5) is 7.80. The lowest BCUT2D eigenvalue weighted by atomic mass is 10.2. The normalized spacial score (nSPS) is 9.83. The smallest absolute Gasteiger partial charge is 0.147 e. The highest BCUT2D eigenvalue weighted by Gasteiger charge is 2.08. The quantitative estimate of drug-likeness (QED) is 0.843. The van der Waals surface area contributed by atoms with Crippen molar-refractivity contribution in [2.24, 2.45) is 0 Å². The molecule has 1 aromatic carbocycles. The number of hydrogen-bond donors (Lipinski definition) is 2. The highest BCUT2D eigenvalue weighted by Crippen LogP contribution is 2.23. The van der Waals surface area contributed by atoms with E-state index in [0.717, 1.165) is 6.07 Å². The molecule has 0 unspecified atom stereocenters. The largest absolute Gasteiger partial charge is 0.383 e. The molecule has 0 amide bonds. The van der Waals surface area contributed by atoms with E-state index in [9.17, 15) is 4.39 Å². The fraction of sp³-hybridized carbons (Fsp3) is 0.0833. The van der Waals surface area contributed by atoms with E-state index in [4.69, 9.17) is 11.0 Å². The minimum absolute atomic E-state index is 0.232. The number of rotatable bonds is 2. The first-order valence-electron chi connectivity index (χ1n) is 5.15. The van der Waals surface area contributed by atoms with Crippen LogP contribution >= 0.6 is 0 Å². The van der Waals surface area contributed by atoms with Gasteiger partial charge in [0.25, 0.3) is 0 Å². The Labute approximate surface area is 103 Å². The van der Waals surface area contributed by atoms with Crippen LogP contribution in [0.4, 0.5) is 21.7 Å². The van der Waals surface area contributed by atoms with Crippen molar-refractivity contribution in [2.45, 2.75) is 6.92 Å². The maximum atomic E-state index is 13.7. The monoisotopic (exact) mass is 243 g/mol. The van der Waals surface area contributed by atoms with Gasteiger partial charge in [-0.1, -0.05) is 0 Å². The number of nitrogens with one attached hydrogen (secondary N) is 1. The van der Waals surface area contributed by atoms with E-state index >= 15 is 0 Å². The molecule has 90 valence electrons. The van der Waals surface area contributed by atoms with E-state index < -0.39 is 5.82 Å². The lowest BCUT2D eigenvalue weighted by Gasteiger charge is -2.10. The van der Waals surface area contributed by atoms with E-state index in [0.29, 0.717) is 17.2 Å². The summed E-state index contributed by atoms with van der Waals surface area (Å²) < 4.78 is 13.7. The van der Waals surface area contributed by atoms with Crippen molar-refractivity contribution >= 4 is 17.3 Å². The van der Waals surface area contributed by atoms with Crippen molar-refractivity contribution in [3.63, 3.8) is 0 Å². The van der Waals surface area contributed by atoms with Gasteiger partial charge in [-0.2, -0.15) is 5.26 Å². The molecule has 1 heterocycles. The highest BCUT2D eigenvalue weighted by molar-refractivity contribution is 5.64. The van der Waals surface area contributed by atoms with Crippen LogP contribution in [0.2, 0.25) is 0 Å². The summed E-state index contributed by atoms with van der Waals surface area (Å²) in [6.07, 6.45) is 1.30. The number of hydrogen-bond acceptors (Lipinski definition) is 5. The molecule has 2 aromatic rings. The molecule has 0 radical (unpaired) electrons. The van der Waals surface area contributed by atoms with E-state index in [-0.39, 0.29) is 11.3 Å². The Bertz CT molecular complexity index is 633. The number of nitriles is 1. The van der Waals surface area contributed by atoms with Crippen LogP contribution in [0.15, 0.2) is 24.5 Å². The van der Waals surface area contributed by atoms with Gasteiger partial charge in [0.2, 0.25) is 0 Å². The van der Waals surface area contributed by atoms with Gasteiger partial charge in [0.15, 0.2) is 0 Å². The van der Waals surface area contributed by atoms with Crippen LogP contribution in [0, 0.1) is 24.1 Å². The van der Waals surface area contributed by atoms with Crippen LogP contribution in [0.25, 0.3) is 0 Å². The second-order valence-electron chi connectivity index (χ2n) is 3.66. The summed E-state index contributed by atoms with van der Waals surface area (Å²) in [6, 6.07) is 6.02. The number of nitrogen functional groups attached to an aromatic ring is 1. The number of halogens is 1. The molecule has 0 spiro atoms. The molecule has 0 atom stereocenters. The molecule has 0 fully saturated rings. The van der Waals surface area contributed by atoms with E-state index in [1.165, 1.54) is 18.5 Å². The van der Waals surface area contributed by atoms with Crippen molar-refractivity contribution < 1.29 is 4.39 Å². The molecule has 6 heteroatoms. The molecule has 2 rings (SSSR count). The average Bonchev–Trinajstić information content (AvgIpc) is 2.37. The molecular weight excluding hydrogens is 233 g/mol. The standard InChI is InChI=1S/C12H10FN5/c1-7-11(15)16-6-17-12(7)18-10-3-2-8(5-14)4-9(10)13/h2-4,6H,1H3,(H3,15,16,17,18). The number of nitrogens with zero attached hydrogens (tertiary/aromatic N) is 3. The van der Waals surface area contributed by atoms with E-state index in [1.807, 2.05) is 6.07 Å². The van der Waals surface area contributed by atoms with Crippen LogP contribution in [0.3, 0.4) is 0 Å². The number of benzene rings is 1. The Morgan fingerprint density at radius 3 is 2.83 bits per heavy atom. The van der Waals surface area contributed by atoms with Crippen molar-refractivity contribution in [1.82, 2.24) is 9.97 Å². The minimum atomic E-state index is -0.523. The van der Waals surface area contributed by atoms with Gasteiger partial charge in [0, 0.05) is 5.56 Å². The Balaban J connectivity index is 2.35. The Morgan fingerprint density at radius 2 is 2.17 bits per heavy atom. The highest BCUT2D eigenvalue weighted by atomic mass is 19.1. The zero-order valence-electron chi connectivity index (χ0n) is 9.61. The average molecular weight is 243 g/mol. The van der Waals surface area contributed by atoms with Gasteiger partial charge in [-0.15, -0.1) is 0 Å². The third kappa shape index (κ3) is 2.20. The predicted octanol–water partition coefficient (Wildman–Crippen LogP) is 2.12. The molecule has 0 bridgehead atoms. The topological polar surface area (TPSA) is 87.6 Å². The summed E-state index contributed by atoms with van der Waals surface area (Å²) in [6.45, 7) is 1.74. The Morgan fingerprint density at radius 1 is 1.39 bits per heavy atom. The number of nitrogens with two attached hydrogens (primary N) is 1. The molecule has 0 aliphatic heterocycles. The minimum Gasteiger partial charge on any atom is -0.383 e. The van der Waals surface area contributed by atoms with Crippen molar-refractivity contribution in [2.75, 3.05) is 11.1 Å². The molecule has 0 aliphatic carbocycles. The molecule has 0 saturated heterocycles. The van der Waals surface area contributed by atoms with Crippen molar-refractivity contribution in [1.29, 1.82) is 5.26 Å². The zero-order chi connectivity index (χ0) is 13.1. The molecule has 0 saturated carbocycles. The van der Waals surface area contributed by atoms with Crippen LogP contribution in [0.5, 0.6) is 0 Å². The van der Waals surface area contributed by atoms with Crippen LogP contribution in [-0.2, 0) is 0 Å². The molecular formula is C12H10FN5. The molecule has 1 aromatic heterocycles. The van der Waals surface area contributed by atoms with Gasteiger partial charge in [-0.3, -0.25) is 0 Å². The number of anilines is 3. The van der Waals surface area contributed by atoms with Gasteiger partial charge in [0.05, 0.1) is 17.3 Å². The SMILES string of the molecule is Cc1c(N)ncnc1Nc1ccc(C#N)cc1F. The lowest BCUT2D eigenvalue weighted by Crippen LogP contribution is -2.03. The van der Waals surface area contributed by atoms with Gasteiger partial charge >= 0.3 is 0 Å². The van der Waals surface area contributed by atoms with E-state index in [2.05, 4.69) is 15.3 Å². The zero-order valence-corrected chi connectivity index (χ0v) is 9.61. The molecule has 18 heavy (non-hydrogen) atoms. The first-order chi connectivity index (χ1) is 8.61.